The number of aryl methyl sites for hydroxylation is 1. The Balaban J connectivity index is 0.00000289. The van der Waals surface area contributed by atoms with Crippen LogP contribution in [0.15, 0.2) is 22.7 Å². The third kappa shape index (κ3) is 5.36. The number of likely N-dealkylation sites (tertiary alicyclic amines) is 1. The fourth-order valence-electron chi connectivity index (χ4n) is 4.83. The van der Waals surface area contributed by atoms with Gasteiger partial charge >= 0.3 is 6.18 Å². The minimum atomic E-state index is -4.44. The van der Waals surface area contributed by atoms with Crippen molar-refractivity contribution in [2.45, 2.75) is 70.0 Å². The Labute approximate surface area is 191 Å². The molecule has 2 fully saturated rings. The van der Waals surface area contributed by atoms with Gasteiger partial charge in [-0.15, -0.1) is 12.4 Å². The van der Waals surface area contributed by atoms with E-state index < -0.39 is 11.7 Å². The Hall–Kier alpha value is -2.29. The van der Waals surface area contributed by atoms with Crippen LogP contribution >= 0.6 is 12.4 Å². The van der Waals surface area contributed by atoms with E-state index >= 15 is 0 Å². The zero-order valence-electron chi connectivity index (χ0n) is 17.8. The molecule has 1 saturated heterocycles. The molecule has 1 aromatic heterocycles. The molecule has 32 heavy (non-hydrogen) atoms. The number of nitrogens with two attached hydrogens (primary N) is 1. The molecule has 3 N–H and O–H groups in total. The highest BCUT2D eigenvalue weighted by Gasteiger charge is 2.35. The molecule has 176 valence electrons. The van der Waals surface area contributed by atoms with E-state index in [0.29, 0.717) is 30.9 Å². The molecule has 0 spiro atoms. The van der Waals surface area contributed by atoms with E-state index in [0.717, 1.165) is 31.7 Å². The Morgan fingerprint density at radius 3 is 2.59 bits per heavy atom. The zero-order valence-corrected chi connectivity index (χ0v) is 18.6. The van der Waals surface area contributed by atoms with E-state index in [1.54, 1.807) is 17.0 Å². The van der Waals surface area contributed by atoms with Crippen molar-refractivity contribution in [1.82, 2.24) is 15.0 Å². The smallest absolute Gasteiger partial charge is 0.370 e. The van der Waals surface area contributed by atoms with Crippen molar-refractivity contribution in [2.24, 2.45) is 11.7 Å². The van der Waals surface area contributed by atoms with Crippen LogP contribution in [0.1, 0.15) is 74.4 Å². The normalized spacial score (nSPS) is 19.7. The van der Waals surface area contributed by atoms with Crippen molar-refractivity contribution in [3.8, 4) is 11.4 Å². The quantitative estimate of drug-likeness (QED) is 0.429. The molecule has 2 aliphatic rings. The lowest BCUT2D eigenvalue weighted by Crippen LogP contribution is -2.35. The number of hydrogen-bond donors (Lipinski definition) is 2. The van der Waals surface area contributed by atoms with E-state index in [1.165, 1.54) is 19.3 Å². The Bertz CT molecular complexity index is 927. The van der Waals surface area contributed by atoms with Gasteiger partial charge in [0.1, 0.15) is 6.04 Å². The van der Waals surface area contributed by atoms with Crippen LogP contribution in [0.5, 0.6) is 0 Å². The number of benzene rings is 1. The van der Waals surface area contributed by atoms with Crippen molar-refractivity contribution in [1.29, 1.82) is 5.41 Å². The minimum Gasteiger partial charge on any atom is -0.370 e. The number of aromatic nitrogens is 2. The highest BCUT2D eigenvalue weighted by molar-refractivity contribution is 5.85. The molecule has 1 saturated carbocycles. The Morgan fingerprint density at radius 1 is 1.16 bits per heavy atom. The summed E-state index contributed by atoms with van der Waals surface area (Å²) in [5.74, 6) is 0.834. The van der Waals surface area contributed by atoms with Gasteiger partial charge in [0.25, 0.3) is 0 Å². The lowest BCUT2D eigenvalue weighted by Gasteiger charge is -2.22. The summed E-state index contributed by atoms with van der Waals surface area (Å²) in [5.41, 5.74) is 5.58. The average molecular weight is 472 g/mol. The molecule has 1 aliphatic carbocycles. The van der Waals surface area contributed by atoms with Crippen LogP contribution < -0.4 is 5.73 Å². The van der Waals surface area contributed by atoms with Crippen LogP contribution in [0.2, 0.25) is 0 Å². The molecular formula is C22H29ClF3N5O. The van der Waals surface area contributed by atoms with Crippen molar-refractivity contribution >= 4 is 18.4 Å². The van der Waals surface area contributed by atoms with Crippen LogP contribution in [0.3, 0.4) is 0 Å². The van der Waals surface area contributed by atoms with E-state index in [9.17, 15) is 13.2 Å². The van der Waals surface area contributed by atoms with Gasteiger partial charge in [-0.05, 0) is 43.2 Å². The molecule has 10 heteroatoms. The molecule has 2 heterocycles. The first-order valence-electron chi connectivity index (χ1n) is 11.0. The molecule has 2 aromatic rings. The number of hydrogen-bond acceptors (Lipinski definition) is 4. The van der Waals surface area contributed by atoms with Crippen LogP contribution in [0, 0.1) is 11.3 Å². The molecule has 1 unspecified atom stereocenters. The number of halogens is 4. The number of nitrogens with zero attached hydrogens (tertiary/aromatic N) is 3. The second-order valence-electron chi connectivity index (χ2n) is 8.61. The minimum absolute atomic E-state index is 0. The van der Waals surface area contributed by atoms with Gasteiger partial charge in [-0.2, -0.15) is 18.2 Å². The fraction of sp³-hybridized carbons (Fsp3) is 0.591. The SMILES string of the molecule is Cl.N=C(N)N1CCCC1c1nc(-c2ccc(CCC3CCCCC3)c(C(F)(F)F)c2)no1. The monoisotopic (exact) mass is 471 g/mol. The highest BCUT2D eigenvalue weighted by Crippen LogP contribution is 2.37. The number of alkyl halides is 3. The third-order valence-electron chi connectivity index (χ3n) is 6.51. The molecule has 0 amide bonds. The standard InChI is InChI=1S/C22H28F3N5O.ClH/c23-22(24,25)17-13-16(11-10-15(17)9-8-14-5-2-1-3-6-14)19-28-20(31-29-19)18-7-4-12-30(18)21(26)27;/h10-11,13-14,18H,1-9,12H2,(H3,26,27);1H. The topological polar surface area (TPSA) is 92.0 Å². The van der Waals surface area contributed by atoms with E-state index in [4.69, 9.17) is 15.7 Å². The van der Waals surface area contributed by atoms with Gasteiger partial charge in [-0.25, -0.2) is 0 Å². The van der Waals surface area contributed by atoms with Crippen LogP contribution in [-0.2, 0) is 12.6 Å². The largest absolute Gasteiger partial charge is 0.416 e. The highest BCUT2D eigenvalue weighted by atomic mass is 35.5. The van der Waals surface area contributed by atoms with Crippen molar-refractivity contribution in [3.05, 3.63) is 35.2 Å². The number of guanidine groups is 1. The second-order valence-corrected chi connectivity index (χ2v) is 8.61. The maximum atomic E-state index is 13.8. The van der Waals surface area contributed by atoms with Crippen molar-refractivity contribution in [2.75, 3.05) is 6.54 Å². The molecule has 1 aromatic carbocycles. The molecule has 0 bridgehead atoms. The maximum absolute atomic E-state index is 13.8. The summed E-state index contributed by atoms with van der Waals surface area (Å²) in [6.45, 7) is 0.617. The van der Waals surface area contributed by atoms with E-state index in [-0.39, 0.29) is 41.7 Å². The summed E-state index contributed by atoms with van der Waals surface area (Å²) in [7, 11) is 0. The summed E-state index contributed by atoms with van der Waals surface area (Å²) in [6.07, 6.45) is 4.12. The van der Waals surface area contributed by atoms with Crippen LogP contribution in [0.25, 0.3) is 11.4 Å². The number of rotatable bonds is 5. The summed E-state index contributed by atoms with van der Waals surface area (Å²) < 4.78 is 46.7. The Kier molecular flexibility index (Phi) is 7.69. The molecule has 6 nitrogen and oxygen atoms in total. The zero-order chi connectivity index (χ0) is 22.0. The molecular weight excluding hydrogens is 443 g/mol. The van der Waals surface area contributed by atoms with Gasteiger partial charge in [0.05, 0.1) is 5.56 Å². The predicted molar refractivity (Wildman–Crippen MR) is 117 cm³/mol. The third-order valence-corrected chi connectivity index (χ3v) is 6.51. The van der Waals surface area contributed by atoms with Crippen LogP contribution in [0.4, 0.5) is 13.2 Å². The van der Waals surface area contributed by atoms with E-state index in [2.05, 4.69) is 10.1 Å². The molecule has 1 aliphatic heterocycles. The second kappa shape index (κ2) is 10.1. The summed E-state index contributed by atoms with van der Waals surface area (Å²) in [5, 5.41) is 11.6. The summed E-state index contributed by atoms with van der Waals surface area (Å²) in [4.78, 5) is 5.99. The molecule has 0 radical (unpaired) electrons. The first kappa shape index (κ1) is 24.4. The fourth-order valence-corrected chi connectivity index (χ4v) is 4.83. The van der Waals surface area contributed by atoms with Gasteiger partial charge in [-0.3, -0.25) is 5.41 Å². The molecule has 4 rings (SSSR count). The first-order valence-corrected chi connectivity index (χ1v) is 11.0. The lowest BCUT2D eigenvalue weighted by atomic mass is 9.84. The number of nitrogens with one attached hydrogen (secondary N) is 1. The van der Waals surface area contributed by atoms with Gasteiger partial charge in [0, 0.05) is 12.1 Å². The summed E-state index contributed by atoms with van der Waals surface area (Å²) >= 11 is 0. The van der Waals surface area contributed by atoms with Gasteiger partial charge < -0.3 is 15.2 Å². The van der Waals surface area contributed by atoms with E-state index in [1.807, 2.05) is 0 Å². The Morgan fingerprint density at radius 2 is 1.91 bits per heavy atom. The maximum Gasteiger partial charge on any atom is 0.416 e. The lowest BCUT2D eigenvalue weighted by molar-refractivity contribution is -0.138. The first-order chi connectivity index (χ1) is 14.8. The molecule has 1 atom stereocenters. The van der Waals surface area contributed by atoms with Gasteiger partial charge in [-0.1, -0.05) is 49.4 Å². The summed E-state index contributed by atoms with van der Waals surface area (Å²) in [6, 6.07) is 4.00. The average Bonchev–Trinajstić information content (AvgIpc) is 3.42. The van der Waals surface area contributed by atoms with Crippen LogP contribution in [-0.4, -0.2) is 27.5 Å². The van der Waals surface area contributed by atoms with Gasteiger partial charge in [0.15, 0.2) is 5.96 Å². The predicted octanol–water partition coefficient (Wildman–Crippen LogP) is 5.72. The van der Waals surface area contributed by atoms with Crippen molar-refractivity contribution < 1.29 is 17.7 Å². The van der Waals surface area contributed by atoms with Gasteiger partial charge in [0.2, 0.25) is 11.7 Å². The van der Waals surface area contributed by atoms with Crippen molar-refractivity contribution in [3.63, 3.8) is 0 Å².